The van der Waals surface area contributed by atoms with Crippen LogP contribution >= 0.6 is 0 Å². The van der Waals surface area contributed by atoms with E-state index in [2.05, 4.69) is 33.8 Å². The molecule has 4 nitrogen and oxygen atoms in total. The van der Waals surface area contributed by atoms with Crippen molar-refractivity contribution in [3.05, 3.63) is 11.6 Å². The van der Waals surface area contributed by atoms with E-state index in [-0.39, 0.29) is 29.5 Å². The minimum absolute atomic E-state index is 0.00567. The Kier molecular flexibility index (Phi) is 4.27. The Labute approximate surface area is 151 Å². The minimum atomic E-state index is -0.645. The average molecular weight is 348 g/mol. The molecule has 0 radical (unpaired) electrons. The third-order valence-electron chi connectivity index (χ3n) is 8.13. The van der Waals surface area contributed by atoms with Crippen molar-refractivity contribution in [2.45, 2.75) is 78.3 Å². The van der Waals surface area contributed by atoms with Crippen LogP contribution in [0.1, 0.15) is 59.8 Å². The van der Waals surface area contributed by atoms with E-state index in [1.165, 1.54) is 18.4 Å². The van der Waals surface area contributed by atoms with E-state index < -0.39 is 6.29 Å². The smallest absolute Gasteiger partial charge is 0.306 e. The van der Waals surface area contributed by atoms with E-state index in [1.807, 2.05) is 0 Å². The number of hydrogen-bond donors (Lipinski definition) is 1. The minimum Gasteiger partial charge on any atom is -0.462 e. The van der Waals surface area contributed by atoms with Gasteiger partial charge in [-0.25, -0.2) is 0 Å². The van der Waals surface area contributed by atoms with Crippen LogP contribution in [0.2, 0.25) is 0 Å². The molecular weight excluding hydrogens is 316 g/mol. The maximum atomic E-state index is 11.8. The molecule has 4 aliphatic rings. The van der Waals surface area contributed by atoms with Gasteiger partial charge in [0.15, 0.2) is 6.29 Å². The molecule has 2 saturated heterocycles. The molecule has 2 saturated carbocycles. The Balaban J connectivity index is 1.54. The number of aliphatic hydroxyl groups is 1. The molecule has 0 aromatic rings. The third-order valence-corrected chi connectivity index (χ3v) is 8.13. The Morgan fingerprint density at radius 2 is 2.00 bits per heavy atom. The Bertz CT molecular complexity index is 584. The van der Waals surface area contributed by atoms with Gasteiger partial charge in [-0.3, -0.25) is 4.79 Å². The van der Waals surface area contributed by atoms with Gasteiger partial charge in [-0.15, -0.1) is 0 Å². The van der Waals surface area contributed by atoms with Gasteiger partial charge >= 0.3 is 5.97 Å². The van der Waals surface area contributed by atoms with Gasteiger partial charge < -0.3 is 14.6 Å². The second-order valence-electron chi connectivity index (χ2n) is 9.30. The van der Waals surface area contributed by atoms with Gasteiger partial charge in [0.1, 0.15) is 6.10 Å². The molecule has 2 aliphatic carbocycles. The van der Waals surface area contributed by atoms with Crippen LogP contribution in [0.4, 0.5) is 0 Å². The highest BCUT2D eigenvalue weighted by molar-refractivity contribution is 5.72. The largest absolute Gasteiger partial charge is 0.462 e. The summed E-state index contributed by atoms with van der Waals surface area (Å²) in [6.45, 7) is 8.90. The maximum Gasteiger partial charge on any atom is 0.306 e. The number of ether oxygens (including phenoxy) is 2. The highest BCUT2D eigenvalue weighted by atomic mass is 16.6. The van der Waals surface area contributed by atoms with E-state index in [1.54, 1.807) is 0 Å². The standard InChI is InChI=1S/C21H32O4/c1-11(9-18-12(2)13(3)20(23)25-18)15-5-6-16-14-10-19(22)24-17(14)7-8-21(15,16)4/h9,12-18,20,23H,5-8,10H2,1-4H3/b11-9+/t12-,13+,14-,15+,16-,17+,18+,20+,21+/m0/s1. The highest BCUT2D eigenvalue weighted by Gasteiger charge is 2.57. The summed E-state index contributed by atoms with van der Waals surface area (Å²) >= 11 is 0. The van der Waals surface area contributed by atoms with Crippen molar-refractivity contribution in [3.8, 4) is 0 Å². The van der Waals surface area contributed by atoms with Crippen LogP contribution in [0.15, 0.2) is 11.6 Å². The molecule has 9 atom stereocenters. The number of carbonyl (C=O) groups is 1. The van der Waals surface area contributed by atoms with Crippen LogP contribution in [-0.2, 0) is 14.3 Å². The number of allylic oxidation sites excluding steroid dienone is 1. The van der Waals surface area contributed by atoms with E-state index in [4.69, 9.17) is 9.47 Å². The fraction of sp³-hybridized carbons (Fsp3) is 0.857. The summed E-state index contributed by atoms with van der Waals surface area (Å²) in [4.78, 5) is 11.8. The zero-order valence-electron chi connectivity index (χ0n) is 15.9. The van der Waals surface area contributed by atoms with Gasteiger partial charge in [0, 0.05) is 11.8 Å². The predicted molar refractivity (Wildman–Crippen MR) is 94.5 cm³/mol. The first kappa shape index (κ1) is 17.5. The summed E-state index contributed by atoms with van der Waals surface area (Å²) in [6, 6.07) is 0. The van der Waals surface area contributed by atoms with E-state index in [0.29, 0.717) is 30.1 Å². The van der Waals surface area contributed by atoms with Gasteiger partial charge in [0.05, 0.1) is 12.5 Å². The molecule has 4 fully saturated rings. The van der Waals surface area contributed by atoms with Crippen molar-refractivity contribution in [3.63, 3.8) is 0 Å². The maximum absolute atomic E-state index is 11.8. The number of esters is 1. The normalized spacial score (nSPS) is 52.8. The lowest BCUT2D eigenvalue weighted by Gasteiger charge is -2.45. The van der Waals surface area contributed by atoms with E-state index in [0.717, 1.165) is 12.8 Å². The SMILES string of the molecule is C/C(=C\[C@H]1O[C@@H](O)[C@H](C)[C@@H]1C)[C@H]1CC[C@H]2[C@@H]3CC(=O)O[C@@H]3CC[C@]12C. The lowest BCUT2D eigenvalue weighted by Crippen LogP contribution is -2.42. The lowest BCUT2D eigenvalue weighted by molar-refractivity contribution is -0.143. The number of fused-ring (bicyclic) bond motifs is 3. The summed E-state index contributed by atoms with van der Waals surface area (Å²) in [5.41, 5.74) is 1.67. The second-order valence-corrected chi connectivity index (χ2v) is 9.30. The second kappa shape index (κ2) is 6.09. The molecule has 4 heteroatoms. The van der Waals surface area contributed by atoms with Crippen molar-refractivity contribution < 1.29 is 19.4 Å². The summed E-state index contributed by atoms with van der Waals surface area (Å²) in [5.74, 6) is 2.10. The highest BCUT2D eigenvalue weighted by Crippen LogP contribution is 2.61. The van der Waals surface area contributed by atoms with Crippen LogP contribution in [0, 0.1) is 35.0 Å². The molecule has 2 heterocycles. The van der Waals surface area contributed by atoms with Crippen LogP contribution < -0.4 is 0 Å². The van der Waals surface area contributed by atoms with Gasteiger partial charge in [-0.2, -0.15) is 0 Å². The first-order chi connectivity index (χ1) is 11.8. The predicted octanol–water partition coefficient (Wildman–Crippen LogP) is 3.68. The van der Waals surface area contributed by atoms with Crippen LogP contribution in [0.25, 0.3) is 0 Å². The number of rotatable bonds is 2. The first-order valence-electron chi connectivity index (χ1n) is 10.0. The number of aliphatic hydroxyl groups excluding tert-OH is 1. The molecular formula is C21H32O4. The molecule has 0 amide bonds. The van der Waals surface area contributed by atoms with Crippen LogP contribution in [-0.4, -0.2) is 29.6 Å². The molecule has 1 N–H and O–H groups in total. The zero-order valence-corrected chi connectivity index (χ0v) is 15.9. The first-order valence-corrected chi connectivity index (χ1v) is 10.0. The average Bonchev–Trinajstić information content (AvgIpc) is 3.17. The summed E-state index contributed by atoms with van der Waals surface area (Å²) in [5, 5.41) is 9.99. The number of carbonyl (C=O) groups excluding carboxylic acids is 1. The van der Waals surface area contributed by atoms with Gasteiger partial charge in [-0.1, -0.05) is 32.4 Å². The van der Waals surface area contributed by atoms with Crippen LogP contribution in [0.5, 0.6) is 0 Å². The zero-order chi connectivity index (χ0) is 17.9. The topological polar surface area (TPSA) is 55.8 Å². The van der Waals surface area contributed by atoms with Crippen molar-refractivity contribution in [2.75, 3.05) is 0 Å². The Hall–Kier alpha value is -0.870. The van der Waals surface area contributed by atoms with Crippen molar-refractivity contribution in [1.82, 2.24) is 0 Å². The van der Waals surface area contributed by atoms with E-state index >= 15 is 0 Å². The molecule has 0 spiro atoms. The molecule has 140 valence electrons. The molecule has 0 unspecified atom stereocenters. The molecule has 2 aliphatic heterocycles. The Morgan fingerprint density at radius 3 is 2.68 bits per heavy atom. The van der Waals surface area contributed by atoms with Crippen molar-refractivity contribution in [1.29, 1.82) is 0 Å². The molecule has 0 bridgehead atoms. The molecule has 4 rings (SSSR count). The Morgan fingerprint density at radius 1 is 1.24 bits per heavy atom. The summed E-state index contributed by atoms with van der Waals surface area (Å²) in [7, 11) is 0. The molecule has 0 aromatic carbocycles. The van der Waals surface area contributed by atoms with Gasteiger partial charge in [0.2, 0.25) is 0 Å². The van der Waals surface area contributed by atoms with Gasteiger partial charge in [0.25, 0.3) is 0 Å². The van der Waals surface area contributed by atoms with Crippen molar-refractivity contribution in [2.24, 2.45) is 35.0 Å². The van der Waals surface area contributed by atoms with Crippen LogP contribution in [0.3, 0.4) is 0 Å². The number of hydrogen-bond acceptors (Lipinski definition) is 4. The van der Waals surface area contributed by atoms with E-state index in [9.17, 15) is 9.90 Å². The molecule has 0 aromatic heterocycles. The lowest BCUT2D eigenvalue weighted by atomic mass is 9.59. The summed E-state index contributed by atoms with van der Waals surface area (Å²) < 4.78 is 11.3. The third kappa shape index (κ3) is 2.68. The summed E-state index contributed by atoms with van der Waals surface area (Å²) in [6.07, 6.45) is 6.98. The monoisotopic (exact) mass is 348 g/mol. The fourth-order valence-electron chi connectivity index (χ4n) is 6.36. The van der Waals surface area contributed by atoms with Gasteiger partial charge in [-0.05, 0) is 55.8 Å². The quantitative estimate of drug-likeness (QED) is 0.611. The fourth-order valence-corrected chi connectivity index (χ4v) is 6.36. The van der Waals surface area contributed by atoms with Crippen molar-refractivity contribution >= 4 is 5.97 Å². The molecule has 25 heavy (non-hydrogen) atoms.